The van der Waals surface area contributed by atoms with Gasteiger partial charge in [-0.25, -0.2) is 8.42 Å². The molecule has 0 fully saturated rings. The Morgan fingerprint density at radius 3 is 2.25 bits per heavy atom. The smallest absolute Gasteiger partial charge is 0.182 e. The van der Waals surface area contributed by atoms with Crippen molar-refractivity contribution in [2.75, 3.05) is 16.8 Å². The zero-order valence-electron chi connectivity index (χ0n) is 10.7. The third-order valence-corrected chi connectivity index (χ3v) is 4.47. The zero-order valence-corrected chi connectivity index (χ0v) is 11.5. The van der Waals surface area contributed by atoms with Gasteiger partial charge in [0.25, 0.3) is 0 Å². The van der Waals surface area contributed by atoms with E-state index < -0.39 is 21.8 Å². The lowest BCUT2D eigenvalue weighted by molar-refractivity contribution is 0.226. The van der Waals surface area contributed by atoms with E-state index in [9.17, 15) is 13.5 Å². The molecular formula is C14H16N2O3S. The maximum Gasteiger partial charge on any atom is 0.182 e. The average molecular weight is 292 g/mol. The summed E-state index contributed by atoms with van der Waals surface area (Å²) in [7, 11) is -3.56. The second-order valence-electron chi connectivity index (χ2n) is 4.38. The Labute approximate surface area is 118 Å². The van der Waals surface area contributed by atoms with E-state index in [1.165, 1.54) is 24.3 Å². The highest BCUT2D eigenvalue weighted by atomic mass is 32.2. The summed E-state index contributed by atoms with van der Waals surface area (Å²) >= 11 is 0. The first-order valence-corrected chi connectivity index (χ1v) is 7.70. The molecule has 1 unspecified atom stereocenters. The van der Waals surface area contributed by atoms with E-state index in [1.54, 1.807) is 24.3 Å². The van der Waals surface area contributed by atoms with Crippen molar-refractivity contribution in [1.29, 1.82) is 0 Å². The summed E-state index contributed by atoms with van der Waals surface area (Å²) in [6, 6.07) is 14.8. The van der Waals surface area contributed by atoms with Gasteiger partial charge in [-0.1, -0.05) is 18.2 Å². The average Bonchev–Trinajstić information content (AvgIpc) is 2.39. The van der Waals surface area contributed by atoms with Crippen molar-refractivity contribution in [3.05, 3.63) is 54.6 Å². The summed E-state index contributed by atoms with van der Waals surface area (Å²) in [5.41, 5.74) is 6.67. The lowest BCUT2D eigenvalue weighted by Crippen LogP contribution is -2.28. The van der Waals surface area contributed by atoms with E-state index in [4.69, 9.17) is 5.73 Å². The Bertz CT molecular complexity index is 655. The van der Waals surface area contributed by atoms with E-state index in [-0.39, 0.29) is 4.90 Å². The van der Waals surface area contributed by atoms with Crippen LogP contribution in [0.2, 0.25) is 0 Å². The minimum Gasteiger partial charge on any atom is -0.399 e. The molecule has 0 aliphatic rings. The molecule has 5 nitrogen and oxygen atoms in total. The monoisotopic (exact) mass is 292 g/mol. The number of nitrogens with two attached hydrogens (primary N) is 1. The van der Waals surface area contributed by atoms with Gasteiger partial charge in [0.05, 0.1) is 10.6 Å². The van der Waals surface area contributed by atoms with Crippen LogP contribution >= 0.6 is 0 Å². The van der Waals surface area contributed by atoms with Crippen molar-refractivity contribution < 1.29 is 13.5 Å². The molecule has 0 heterocycles. The molecule has 1 atom stereocenters. The first-order chi connectivity index (χ1) is 9.47. The first kappa shape index (κ1) is 14.4. The zero-order chi connectivity index (χ0) is 14.6. The van der Waals surface area contributed by atoms with Crippen LogP contribution in [0.15, 0.2) is 59.5 Å². The summed E-state index contributed by atoms with van der Waals surface area (Å²) in [6.07, 6.45) is -1.18. The van der Waals surface area contributed by atoms with Gasteiger partial charge < -0.3 is 16.2 Å². The van der Waals surface area contributed by atoms with Gasteiger partial charge in [0.15, 0.2) is 9.84 Å². The number of nitrogen functional groups attached to an aromatic ring is 1. The van der Waals surface area contributed by atoms with E-state index in [0.717, 1.165) is 0 Å². The molecule has 20 heavy (non-hydrogen) atoms. The van der Waals surface area contributed by atoms with Crippen LogP contribution in [0, 0.1) is 0 Å². The number of hydrogen-bond acceptors (Lipinski definition) is 5. The van der Waals surface area contributed by atoms with Crippen LogP contribution in [0.5, 0.6) is 0 Å². The van der Waals surface area contributed by atoms with Gasteiger partial charge in [0, 0.05) is 11.4 Å². The number of aliphatic hydroxyl groups excluding tert-OH is 1. The summed E-state index contributed by atoms with van der Waals surface area (Å²) in [4.78, 5) is 0.139. The fraction of sp³-hybridized carbons (Fsp3) is 0.143. The molecule has 0 saturated carbocycles. The lowest BCUT2D eigenvalue weighted by Gasteiger charge is -2.14. The Morgan fingerprint density at radius 2 is 1.65 bits per heavy atom. The number of aliphatic hydroxyl groups is 1. The molecule has 0 spiro atoms. The predicted molar refractivity (Wildman–Crippen MR) is 79.0 cm³/mol. The molecule has 0 bridgehead atoms. The van der Waals surface area contributed by atoms with Gasteiger partial charge in [-0.15, -0.1) is 0 Å². The van der Waals surface area contributed by atoms with Crippen molar-refractivity contribution in [2.24, 2.45) is 0 Å². The van der Waals surface area contributed by atoms with Gasteiger partial charge in [-0.2, -0.15) is 0 Å². The molecule has 106 valence electrons. The third kappa shape index (κ3) is 3.72. The Balaban J connectivity index is 2.06. The molecule has 0 amide bonds. The van der Waals surface area contributed by atoms with Crippen LogP contribution in [0.1, 0.15) is 0 Å². The molecular weight excluding hydrogens is 276 g/mol. The van der Waals surface area contributed by atoms with Crippen LogP contribution in [-0.2, 0) is 9.84 Å². The van der Waals surface area contributed by atoms with Crippen molar-refractivity contribution in [3.8, 4) is 0 Å². The fourth-order valence-corrected chi connectivity index (χ4v) is 2.99. The number of para-hydroxylation sites is 1. The molecule has 4 N–H and O–H groups in total. The van der Waals surface area contributed by atoms with Crippen molar-refractivity contribution in [3.63, 3.8) is 0 Å². The van der Waals surface area contributed by atoms with Gasteiger partial charge in [0.2, 0.25) is 0 Å². The minimum absolute atomic E-state index is 0.139. The molecule has 2 aromatic carbocycles. The fourth-order valence-electron chi connectivity index (χ4n) is 1.75. The highest BCUT2D eigenvalue weighted by molar-refractivity contribution is 7.91. The second kappa shape index (κ2) is 5.94. The van der Waals surface area contributed by atoms with E-state index >= 15 is 0 Å². The molecule has 0 aliphatic heterocycles. The van der Waals surface area contributed by atoms with Crippen LogP contribution in [0.4, 0.5) is 11.4 Å². The molecule has 0 aromatic heterocycles. The summed E-state index contributed by atoms with van der Waals surface area (Å²) in [5, 5.41) is 12.6. The molecule has 0 aliphatic carbocycles. The predicted octanol–water partition coefficient (Wildman–Crippen LogP) is 1.47. The van der Waals surface area contributed by atoms with E-state index in [0.29, 0.717) is 11.4 Å². The highest BCUT2D eigenvalue weighted by Gasteiger charge is 2.19. The van der Waals surface area contributed by atoms with E-state index in [2.05, 4.69) is 5.32 Å². The highest BCUT2D eigenvalue weighted by Crippen LogP contribution is 2.15. The number of nitrogens with one attached hydrogen (secondary N) is 1. The van der Waals surface area contributed by atoms with Gasteiger partial charge in [0.1, 0.15) is 6.23 Å². The maximum absolute atomic E-state index is 12.1. The van der Waals surface area contributed by atoms with Crippen molar-refractivity contribution in [1.82, 2.24) is 0 Å². The Hall–Kier alpha value is -2.05. The number of anilines is 2. The third-order valence-electron chi connectivity index (χ3n) is 2.72. The number of benzene rings is 2. The topological polar surface area (TPSA) is 92.4 Å². The lowest BCUT2D eigenvalue weighted by atomic mass is 10.3. The SMILES string of the molecule is Nc1ccc(S(=O)(=O)CC(O)Nc2ccccc2)cc1. The first-order valence-electron chi connectivity index (χ1n) is 6.05. The second-order valence-corrected chi connectivity index (χ2v) is 6.41. The number of hydrogen-bond donors (Lipinski definition) is 3. The number of sulfone groups is 1. The normalized spacial score (nSPS) is 12.8. The number of rotatable bonds is 5. The van der Waals surface area contributed by atoms with Crippen LogP contribution in [-0.4, -0.2) is 25.5 Å². The van der Waals surface area contributed by atoms with Crippen LogP contribution < -0.4 is 11.1 Å². The molecule has 2 aromatic rings. The summed E-state index contributed by atoms with van der Waals surface area (Å²) in [6.45, 7) is 0. The van der Waals surface area contributed by atoms with Crippen molar-refractivity contribution in [2.45, 2.75) is 11.1 Å². The van der Waals surface area contributed by atoms with Gasteiger partial charge in [-0.3, -0.25) is 0 Å². The largest absolute Gasteiger partial charge is 0.399 e. The molecule has 0 saturated heterocycles. The molecule has 6 heteroatoms. The molecule has 2 rings (SSSR count). The minimum atomic E-state index is -3.56. The van der Waals surface area contributed by atoms with E-state index in [1.807, 2.05) is 6.07 Å². The van der Waals surface area contributed by atoms with Gasteiger partial charge >= 0.3 is 0 Å². The van der Waals surface area contributed by atoms with Crippen LogP contribution in [0.3, 0.4) is 0 Å². The molecule has 0 radical (unpaired) electrons. The Kier molecular flexibility index (Phi) is 4.26. The standard InChI is InChI=1S/C14H16N2O3S/c15-11-6-8-13(9-7-11)20(18,19)10-14(17)16-12-4-2-1-3-5-12/h1-9,14,16-17H,10,15H2. The Morgan fingerprint density at radius 1 is 1.05 bits per heavy atom. The van der Waals surface area contributed by atoms with Crippen LogP contribution in [0.25, 0.3) is 0 Å². The summed E-state index contributed by atoms with van der Waals surface area (Å²) in [5.74, 6) is -0.411. The quantitative estimate of drug-likeness (QED) is 0.573. The van der Waals surface area contributed by atoms with Gasteiger partial charge in [-0.05, 0) is 36.4 Å². The summed E-state index contributed by atoms with van der Waals surface area (Å²) < 4.78 is 24.2. The maximum atomic E-state index is 12.1. The van der Waals surface area contributed by atoms with Crippen molar-refractivity contribution >= 4 is 21.2 Å².